The number of halogens is 1. The van der Waals surface area contributed by atoms with E-state index in [1.54, 1.807) is 0 Å². The van der Waals surface area contributed by atoms with Gasteiger partial charge in [0.05, 0.1) is 18.6 Å². The number of likely N-dealkylation sites (tertiary alicyclic amines) is 1. The first-order valence-electron chi connectivity index (χ1n) is 11.5. The van der Waals surface area contributed by atoms with Crippen molar-refractivity contribution in [1.82, 2.24) is 10.2 Å². The van der Waals surface area contributed by atoms with Crippen molar-refractivity contribution in [2.45, 2.75) is 52.6 Å². The van der Waals surface area contributed by atoms with Crippen LogP contribution in [0.3, 0.4) is 0 Å². The number of carbonyl (C=O) groups excluding carboxylic acids is 1. The number of nitrogens with one attached hydrogen (secondary N) is 1. The van der Waals surface area contributed by atoms with Crippen LogP contribution in [0.25, 0.3) is 0 Å². The first-order chi connectivity index (χ1) is 14.6. The standard InChI is InChI=1S/C24H37N3O3.HI/c1-4-25-24(27-14-12-20(13-15-27)23(28)29-5-2)26-17-21-7-6-16-30-22(21)19-10-8-18(3)9-11-19;/h8-11,20-22H,4-7,12-17H2,1-3H3,(H,25,26);1H. The molecule has 31 heavy (non-hydrogen) atoms. The zero-order chi connectivity index (χ0) is 21.3. The lowest BCUT2D eigenvalue weighted by molar-refractivity contribution is -0.149. The predicted molar refractivity (Wildman–Crippen MR) is 135 cm³/mol. The number of esters is 1. The van der Waals surface area contributed by atoms with Crippen LogP contribution in [0, 0.1) is 18.8 Å². The van der Waals surface area contributed by atoms with Crippen molar-refractivity contribution >= 4 is 35.9 Å². The normalized spacial score (nSPS) is 22.5. The van der Waals surface area contributed by atoms with E-state index in [1.807, 2.05) is 6.92 Å². The third kappa shape index (κ3) is 7.34. The van der Waals surface area contributed by atoms with Crippen molar-refractivity contribution in [2.24, 2.45) is 16.8 Å². The zero-order valence-corrected chi connectivity index (χ0v) is 21.5. The van der Waals surface area contributed by atoms with Gasteiger partial charge < -0.3 is 19.7 Å². The number of rotatable bonds is 6. The van der Waals surface area contributed by atoms with Crippen molar-refractivity contribution in [3.63, 3.8) is 0 Å². The van der Waals surface area contributed by atoms with E-state index in [0.717, 1.165) is 64.4 Å². The quantitative estimate of drug-likeness (QED) is 0.251. The van der Waals surface area contributed by atoms with E-state index in [2.05, 4.69) is 48.3 Å². The number of ether oxygens (including phenoxy) is 2. The Kier molecular flexibility index (Phi) is 11.1. The molecule has 0 saturated carbocycles. The van der Waals surface area contributed by atoms with E-state index in [9.17, 15) is 4.79 Å². The highest BCUT2D eigenvalue weighted by Crippen LogP contribution is 2.34. The molecule has 0 radical (unpaired) electrons. The molecule has 2 saturated heterocycles. The van der Waals surface area contributed by atoms with Crippen molar-refractivity contribution in [3.8, 4) is 0 Å². The molecule has 7 heteroatoms. The highest BCUT2D eigenvalue weighted by atomic mass is 127. The molecule has 2 heterocycles. The maximum absolute atomic E-state index is 12.0. The number of carbonyl (C=O) groups is 1. The van der Waals surface area contributed by atoms with E-state index in [1.165, 1.54) is 11.1 Å². The molecule has 1 N–H and O–H groups in total. The highest BCUT2D eigenvalue weighted by molar-refractivity contribution is 14.0. The summed E-state index contributed by atoms with van der Waals surface area (Å²) in [6.45, 7) is 10.6. The molecule has 2 atom stereocenters. The Morgan fingerprint density at radius 2 is 1.90 bits per heavy atom. The molecule has 2 fully saturated rings. The lowest BCUT2D eigenvalue weighted by Crippen LogP contribution is -2.47. The number of hydrogen-bond donors (Lipinski definition) is 1. The molecule has 0 aliphatic carbocycles. The van der Waals surface area contributed by atoms with Gasteiger partial charge in [-0.25, -0.2) is 0 Å². The van der Waals surface area contributed by atoms with E-state index < -0.39 is 0 Å². The fourth-order valence-corrected chi connectivity index (χ4v) is 4.37. The van der Waals surface area contributed by atoms with Crippen LogP contribution < -0.4 is 5.32 Å². The molecule has 1 aromatic carbocycles. The van der Waals surface area contributed by atoms with Gasteiger partial charge in [-0.3, -0.25) is 9.79 Å². The molecule has 174 valence electrons. The number of hydrogen-bond acceptors (Lipinski definition) is 4. The third-order valence-electron chi connectivity index (χ3n) is 6.08. The smallest absolute Gasteiger partial charge is 0.309 e. The number of benzene rings is 1. The van der Waals surface area contributed by atoms with Crippen LogP contribution in [0.4, 0.5) is 0 Å². The van der Waals surface area contributed by atoms with Crippen LogP contribution in [0.15, 0.2) is 29.3 Å². The van der Waals surface area contributed by atoms with Crippen LogP contribution in [0.1, 0.15) is 56.8 Å². The van der Waals surface area contributed by atoms with Gasteiger partial charge >= 0.3 is 5.97 Å². The minimum Gasteiger partial charge on any atom is -0.466 e. The molecular formula is C24H38IN3O3. The van der Waals surface area contributed by atoms with Crippen LogP contribution in [-0.2, 0) is 14.3 Å². The molecule has 2 unspecified atom stereocenters. The van der Waals surface area contributed by atoms with E-state index in [4.69, 9.17) is 14.5 Å². The summed E-state index contributed by atoms with van der Waals surface area (Å²) in [4.78, 5) is 19.3. The Hall–Kier alpha value is -1.35. The second-order valence-electron chi connectivity index (χ2n) is 8.31. The molecule has 0 aromatic heterocycles. The van der Waals surface area contributed by atoms with Gasteiger partial charge in [-0.15, -0.1) is 24.0 Å². The molecule has 2 aliphatic rings. The van der Waals surface area contributed by atoms with Crippen molar-refractivity contribution in [2.75, 3.05) is 39.4 Å². The lowest BCUT2D eigenvalue weighted by atomic mass is 9.89. The van der Waals surface area contributed by atoms with Gasteiger partial charge in [-0.2, -0.15) is 0 Å². The second-order valence-corrected chi connectivity index (χ2v) is 8.31. The maximum Gasteiger partial charge on any atom is 0.309 e. The Balaban J connectivity index is 0.00000341. The van der Waals surface area contributed by atoms with Crippen molar-refractivity contribution in [3.05, 3.63) is 35.4 Å². The van der Waals surface area contributed by atoms with Crippen LogP contribution in [0.2, 0.25) is 0 Å². The van der Waals surface area contributed by atoms with Crippen LogP contribution in [-0.4, -0.2) is 56.2 Å². The summed E-state index contributed by atoms with van der Waals surface area (Å²) in [5, 5.41) is 3.44. The summed E-state index contributed by atoms with van der Waals surface area (Å²) in [5.74, 6) is 1.29. The molecule has 3 rings (SSSR count). The average Bonchev–Trinajstić information content (AvgIpc) is 2.78. The monoisotopic (exact) mass is 543 g/mol. The number of piperidine rings is 1. The molecule has 0 bridgehead atoms. The van der Waals surface area contributed by atoms with Gasteiger partial charge in [0.2, 0.25) is 0 Å². The summed E-state index contributed by atoms with van der Waals surface area (Å²) in [5.41, 5.74) is 2.52. The number of nitrogens with zero attached hydrogens (tertiary/aromatic N) is 2. The van der Waals surface area contributed by atoms with Gasteiger partial charge in [-0.1, -0.05) is 29.8 Å². The fourth-order valence-electron chi connectivity index (χ4n) is 4.37. The molecule has 6 nitrogen and oxygen atoms in total. The first kappa shape index (κ1) is 25.9. The van der Waals surface area contributed by atoms with Gasteiger partial charge in [0.15, 0.2) is 5.96 Å². The molecular weight excluding hydrogens is 505 g/mol. The summed E-state index contributed by atoms with van der Waals surface area (Å²) in [7, 11) is 0. The first-order valence-corrected chi connectivity index (χ1v) is 11.5. The third-order valence-corrected chi connectivity index (χ3v) is 6.08. The minimum atomic E-state index is -0.0561. The molecule has 2 aliphatic heterocycles. The van der Waals surface area contributed by atoms with E-state index in [-0.39, 0.29) is 42.0 Å². The second kappa shape index (κ2) is 13.3. The van der Waals surface area contributed by atoms with Crippen molar-refractivity contribution < 1.29 is 14.3 Å². The lowest BCUT2D eigenvalue weighted by Gasteiger charge is -2.34. The topological polar surface area (TPSA) is 63.2 Å². The predicted octanol–water partition coefficient (Wildman–Crippen LogP) is 4.32. The largest absolute Gasteiger partial charge is 0.466 e. The Labute approximate surface area is 204 Å². The summed E-state index contributed by atoms with van der Waals surface area (Å²) >= 11 is 0. The van der Waals surface area contributed by atoms with Crippen molar-refractivity contribution in [1.29, 1.82) is 0 Å². The SMILES string of the molecule is CCNC(=NCC1CCCOC1c1ccc(C)cc1)N1CCC(C(=O)OCC)CC1.I. The number of guanidine groups is 1. The van der Waals surface area contributed by atoms with Crippen LogP contribution in [0.5, 0.6) is 0 Å². The average molecular weight is 543 g/mol. The summed E-state index contributed by atoms with van der Waals surface area (Å²) in [6, 6.07) is 8.69. The van der Waals surface area contributed by atoms with Gasteiger partial charge in [0, 0.05) is 38.7 Å². The fraction of sp³-hybridized carbons (Fsp3) is 0.667. The molecule has 0 amide bonds. The summed E-state index contributed by atoms with van der Waals surface area (Å²) < 4.78 is 11.4. The van der Waals surface area contributed by atoms with E-state index in [0.29, 0.717) is 12.5 Å². The van der Waals surface area contributed by atoms with E-state index >= 15 is 0 Å². The minimum absolute atomic E-state index is 0. The van der Waals surface area contributed by atoms with Gasteiger partial charge in [0.25, 0.3) is 0 Å². The Bertz CT molecular complexity index is 703. The van der Waals surface area contributed by atoms with Gasteiger partial charge in [-0.05, 0) is 52.0 Å². The maximum atomic E-state index is 12.0. The Morgan fingerprint density at radius 3 is 2.55 bits per heavy atom. The molecule has 1 aromatic rings. The zero-order valence-electron chi connectivity index (χ0n) is 19.1. The highest BCUT2D eigenvalue weighted by Gasteiger charge is 2.29. The number of aryl methyl sites for hydroxylation is 1. The molecule has 0 spiro atoms. The number of aliphatic imine (C=N–C) groups is 1. The van der Waals surface area contributed by atoms with Gasteiger partial charge in [0.1, 0.15) is 0 Å². The summed E-state index contributed by atoms with van der Waals surface area (Å²) in [6.07, 6.45) is 3.97. The Morgan fingerprint density at radius 1 is 1.19 bits per heavy atom. The van der Waals surface area contributed by atoms with Crippen LogP contribution >= 0.6 is 24.0 Å².